The third-order valence-electron chi connectivity index (χ3n) is 10.3. The van der Waals surface area contributed by atoms with Crippen molar-refractivity contribution in [2.75, 3.05) is 40.6 Å². The fourth-order valence-corrected chi connectivity index (χ4v) is 7.13. The number of rotatable bonds is 19. The van der Waals surface area contributed by atoms with Gasteiger partial charge >= 0.3 is 6.09 Å². The van der Waals surface area contributed by atoms with Gasteiger partial charge in [0.1, 0.15) is 25.0 Å². The quantitative estimate of drug-likeness (QED) is 0.159. The number of carbonyl (C=O) groups excluding carboxylic acids is 5. The Kier molecular flexibility index (Phi) is 17.3. The molecule has 0 radical (unpaired) electrons. The first kappa shape index (κ1) is 43.5. The van der Waals surface area contributed by atoms with Crippen LogP contribution in [-0.4, -0.2) is 116 Å². The molecule has 1 saturated heterocycles. The van der Waals surface area contributed by atoms with Gasteiger partial charge in [-0.1, -0.05) is 67.0 Å². The van der Waals surface area contributed by atoms with Gasteiger partial charge in [-0.15, -0.1) is 0 Å². The average Bonchev–Trinajstić information content (AvgIpc) is 3.58. The predicted molar refractivity (Wildman–Crippen MR) is 196 cm³/mol. The maximum Gasteiger partial charge on any atom is 0.410 e. The van der Waals surface area contributed by atoms with E-state index < -0.39 is 42.3 Å². The number of amides is 4. The topological polar surface area (TPSA) is 161 Å². The van der Waals surface area contributed by atoms with Crippen LogP contribution in [0.15, 0.2) is 24.3 Å². The molecule has 2 rings (SSSR count). The van der Waals surface area contributed by atoms with E-state index in [0.29, 0.717) is 18.7 Å². The summed E-state index contributed by atoms with van der Waals surface area (Å²) in [6, 6.07) is 4.40. The molecular weight excluding hydrogens is 654 g/mol. The minimum atomic E-state index is -0.919. The highest BCUT2D eigenvalue weighted by atomic mass is 16.6. The number of nitrogens with two attached hydrogens (primary N) is 1. The van der Waals surface area contributed by atoms with Gasteiger partial charge in [-0.2, -0.15) is 0 Å². The molecule has 1 aliphatic rings. The van der Waals surface area contributed by atoms with Gasteiger partial charge in [-0.3, -0.25) is 19.3 Å². The summed E-state index contributed by atoms with van der Waals surface area (Å²) < 4.78 is 17.1. The van der Waals surface area contributed by atoms with Crippen LogP contribution in [0, 0.1) is 23.7 Å². The Morgan fingerprint density at radius 2 is 1.61 bits per heavy atom. The number of benzene rings is 1. The van der Waals surface area contributed by atoms with Crippen LogP contribution >= 0.6 is 0 Å². The monoisotopic (exact) mass is 717 g/mol. The van der Waals surface area contributed by atoms with E-state index >= 15 is 0 Å². The molecule has 51 heavy (non-hydrogen) atoms. The molecule has 0 saturated carbocycles. The number of anilines is 1. The maximum absolute atomic E-state index is 14.3. The van der Waals surface area contributed by atoms with Crippen LogP contribution in [0.5, 0.6) is 0 Å². The number of carbonyl (C=O) groups is 5. The number of hydrogen-bond acceptors (Lipinski definition) is 9. The Morgan fingerprint density at radius 1 is 0.980 bits per heavy atom. The molecule has 13 nitrogen and oxygen atoms in total. The van der Waals surface area contributed by atoms with E-state index in [1.807, 2.05) is 41.5 Å². The summed E-state index contributed by atoms with van der Waals surface area (Å²) in [5, 5.41) is 2.94. The third-order valence-corrected chi connectivity index (χ3v) is 10.3. The lowest BCUT2D eigenvalue weighted by Crippen LogP contribution is -2.60. The molecule has 1 aliphatic heterocycles. The van der Waals surface area contributed by atoms with Gasteiger partial charge in [0.05, 0.1) is 30.7 Å². The molecule has 8 atom stereocenters. The lowest BCUT2D eigenvalue weighted by atomic mass is 9.89. The van der Waals surface area contributed by atoms with Crippen LogP contribution in [0.4, 0.5) is 10.5 Å². The molecule has 1 aromatic rings. The average molecular weight is 718 g/mol. The minimum absolute atomic E-state index is 0.0111. The SMILES string of the molecule is CCC(C)C(C(CC(=O)N1CCCC1C(OC)C(C)C=O)OC)N(C)C(=O)C(NC(=O)C(C(C)C)N(C)C(=O)OCc1ccc(N)cc1)C(C)C. The summed E-state index contributed by atoms with van der Waals surface area (Å²) in [5.41, 5.74) is 7.10. The van der Waals surface area contributed by atoms with Crippen molar-refractivity contribution in [1.82, 2.24) is 20.0 Å². The van der Waals surface area contributed by atoms with Crippen LogP contribution in [0.1, 0.15) is 79.7 Å². The standard InChI is InChI=1S/C38H63N5O8/c1-12-25(6)34(30(49-10)20-31(45)43-19-13-14-29(43)35(50-11)26(7)21-44)41(8)37(47)32(23(2)3)40-36(46)33(24(4)5)42(9)38(48)51-22-27-15-17-28(39)18-16-27/h15-18,21,23-26,29-30,32-35H,12-14,19-20,22,39H2,1-11H3,(H,40,46). The van der Waals surface area contributed by atoms with Crippen molar-refractivity contribution in [3.63, 3.8) is 0 Å². The van der Waals surface area contributed by atoms with Gasteiger partial charge in [-0.25, -0.2) is 4.79 Å². The normalized spacial score (nSPS) is 18.7. The molecule has 0 aromatic heterocycles. The first-order valence-electron chi connectivity index (χ1n) is 18.2. The Balaban J connectivity index is 2.26. The van der Waals surface area contributed by atoms with Crippen molar-refractivity contribution < 1.29 is 38.2 Å². The van der Waals surface area contributed by atoms with Crippen molar-refractivity contribution in [3.8, 4) is 0 Å². The first-order valence-corrected chi connectivity index (χ1v) is 18.2. The Morgan fingerprint density at radius 3 is 2.12 bits per heavy atom. The maximum atomic E-state index is 14.3. The Hall–Kier alpha value is -3.71. The lowest BCUT2D eigenvalue weighted by Gasteiger charge is -2.41. The molecule has 0 aliphatic carbocycles. The smallest absolute Gasteiger partial charge is 0.410 e. The Labute approximate surface area is 304 Å². The molecule has 288 valence electrons. The van der Waals surface area contributed by atoms with E-state index in [9.17, 15) is 24.0 Å². The molecule has 0 bridgehead atoms. The zero-order valence-corrected chi connectivity index (χ0v) is 32.6. The van der Waals surface area contributed by atoms with Crippen molar-refractivity contribution >= 4 is 35.8 Å². The van der Waals surface area contributed by atoms with E-state index in [4.69, 9.17) is 19.9 Å². The van der Waals surface area contributed by atoms with Gasteiger partial charge in [0, 0.05) is 46.5 Å². The molecule has 1 aromatic carbocycles. The van der Waals surface area contributed by atoms with Crippen LogP contribution in [0.3, 0.4) is 0 Å². The number of nitrogens with zero attached hydrogens (tertiary/aromatic N) is 3. The van der Waals surface area contributed by atoms with Gasteiger partial charge < -0.3 is 39.9 Å². The summed E-state index contributed by atoms with van der Waals surface area (Å²) in [6.07, 6.45) is 1.40. The van der Waals surface area contributed by atoms with Crippen LogP contribution in [0.2, 0.25) is 0 Å². The Bertz CT molecular complexity index is 1290. The van der Waals surface area contributed by atoms with Gasteiger partial charge in [0.2, 0.25) is 17.7 Å². The number of hydrogen-bond donors (Lipinski definition) is 2. The van der Waals surface area contributed by atoms with E-state index in [0.717, 1.165) is 24.7 Å². The van der Waals surface area contributed by atoms with Crippen molar-refractivity contribution in [1.29, 1.82) is 0 Å². The van der Waals surface area contributed by atoms with E-state index in [1.165, 1.54) is 19.1 Å². The van der Waals surface area contributed by atoms with Crippen molar-refractivity contribution in [2.24, 2.45) is 23.7 Å². The zero-order chi connectivity index (χ0) is 38.6. The van der Waals surface area contributed by atoms with Gasteiger partial charge in [-0.05, 0) is 48.3 Å². The number of aldehydes is 1. The zero-order valence-electron chi connectivity index (χ0n) is 32.6. The number of likely N-dealkylation sites (tertiary alicyclic amines) is 1. The van der Waals surface area contributed by atoms with Crippen molar-refractivity contribution in [3.05, 3.63) is 29.8 Å². The summed E-state index contributed by atoms with van der Waals surface area (Å²) in [4.78, 5) is 71.3. The minimum Gasteiger partial charge on any atom is -0.445 e. The number of nitrogen functional groups attached to an aromatic ring is 1. The first-order chi connectivity index (χ1) is 24.0. The lowest BCUT2D eigenvalue weighted by molar-refractivity contribution is -0.147. The highest BCUT2D eigenvalue weighted by Gasteiger charge is 2.42. The summed E-state index contributed by atoms with van der Waals surface area (Å²) >= 11 is 0. The fraction of sp³-hybridized carbons (Fsp3) is 0.711. The third kappa shape index (κ3) is 11.4. The van der Waals surface area contributed by atoms with E-state index in [-0.39, 0.29) is 54.6 Å². The van der Waals surface area contributed by atoms with Crippen molar-refractivity contribution in [2.45, 2.75) is 117 Å². The molecule has 13 heteroatoms. The second-order valence-electron chi connectivity index (χ2n) is 14.6. The van der Waals surface area contributed by atoms with Crippen LogP contribution in [-0.2, 0) is 40.0 Å². The van der Waals surface area contributed by atoms with Crippen LogP contribution in [0.25, 0.3) is 0 Å². The fourth-order valence-electron chi connectivity index (χ4n) is 7.13. The number of ether oxygens (including phenoxy) is 3. The molecule has 0 spiro atoms. The van der Waals surface area contributed by atoms with Crippen LogP contribution < -0.4 is 11.1 Å². The molecule has 3 N–H and O–H groups in total. The molecule has 8 unspecified atom stereocenters. The largest absolute Gasteiger partial charge is 0.445 e. The molecule has 1 fully saturated rings. The number of nitrogens with one attached hydrogen (secondary N) is 1. The highest BCUT2D eigenvalue weighted by molar-refractivity contribution is 5.91. The van der Waals surface area contributed by atoms with Gasteiger partial charge in [0.15, 0.2) is 0 Å². The summed E-state index contributed by atoms with van der Waals surface area (Å²) in [7, 11) is 6.29. The second kappa shape index (κ2) is 20.4. The summed E-state index contributed by atoms with van der Waals surface area (Å²) in [5.74, 6) is -1.95. The van der Waals surface area contributed by atoms with Gasteiger partial charge in [0.25, 0.3) is 0 Å². The molecular formula is C38H63N5O8. The van der Waals surface area contributed by atoms with E-state index in [1.54, 1.807) is 55.1 Å². The number of likely N-dealkylation sites (N-methyl/N-ethyl adjacent to an activating group) is 2. The number of methoxy groups -OCH3 is 2. The molecule has 1 heterocycles. The summed E-state index contributed by atoms with van der Waals surface area (Å²) in [6.45, 7) is 13.7. The van der Waals surface area contributed by atoms with E-state index in [2.05, 4.69) is 5.32 Å². The predicted octanol–water partition coefficient (Wildman–Crippen LogP) is 4.12. The highest BCUT2D eigenvalue weighted by Crippen LogP contribution is 2.29. The second-order valence-corrected chi connectivity index (χ2v) is 14.6. The molecule has 4 amide bonds.